The molecule has 0 radical (unpaired) electrons. The number of rotatable bonds is 9. The quantitative estimate of drug-likeness (QED) is 0.591. The van der Waals surface area contributed by atoms with E-state index in [0.717, 1.165) is 44.0 Å². The summed E-state index contributed by atoms with van der Waals surface area (Å²) in [6, 6.07) is -0.0123. The topological polar surface area (TPSA) is 59.6 Å². The lowest BCUT2D eigenvalue weighted by Crippen LogP contribution is -2.49. The Balaban J connectivity index is 1.89. The molecule has 0 aliphatic carbocycles. The lowest BCUT2D eigenvalue weighted by molar-refractivity contribution is -0.122. The van der Waals surface area contributed by atoms with Crippen molar-refractivity contribution >= 4 is 17.7 Å². The number of carbonyl (C=O) groups excluding carboxylic acids is 1. The van der Waals surface area contributed by atoms with Crippen LogP contribution in [0.25, 0.3) is 0 Å². The number of hydrogen-bond donors (Lipinski definition) is 2. The fraction of sp³-hybridized carbons (Fsp3) is 0.917. The molecule has 2 N–H and O–H groups in total. The molecule has 5 nitrogen and oxygen atoms in total. The van der Waals surface area contributed by atoms with Crippen LogP contribution in [-0.2, 0) is 14.3 Å². The first kappa shape index (κ1) is 15.8. The number of carbonyl (C=O) groups is 1. The second-order valence-electron chi connectivity index (χ2n) is 4.18. The first-order valence-electron chi connectivity index (χ1n) is 6.50. The molecular formula is C12H24N2O3S. The van der Waals surface area contributed by atoms with E-state index >= 15 is 0 Å². The number of ether oxygens (including phenoxy) is 2. The molecule has 0 bridgehead atoms. The van der Waals surface area contributed by atoms with Crippen molar-refractivity contribution in [3.63, 3.8) is 0 Å². The van der Waals surface area contributed by atoms with Crippen LogP contribution in [0.1, 0.15) is 12.8 Å². The summed E-state index contributed by atoms with van der Waals surface area (Å²) in [5, 5.41) is 6.18. The first-order chi connectivity index (χ1) is 8.84. The van der Waals surface area contributed by atoms with Gasteiger partial charge in [0.15, 0.2) is 0 Å². The molecule has 1 amide bonds. The van der Waals surface area contributed by atoms with Crippen molar-refractivity contribution in [3.05, 3.63) is 0 Å². The van der Waals surface area contributed by atoms with Crippen LogP contribution in [0, 0.1) is 0 Å². The summed E-state index contributed by atoms with van der Waals surface area (Å²) in [6.07, 6.45) is 1.93. The van der Waals surface area contributed by atoms with Crippen molar-refractivity contribution in [1.82, 2.24) is 10.6 Å². The molecule has 1 aliphatic heterocycles. The SMILES string of the molecule is COCCOCCCCNC(=O)C1CSCCN1. The average molecular weight is 276 g/mol. The van der Waals surface area contributed by atoms with Gasteiger partial charge in [0.2, 0.25) is 5.91 Å². The van der Waals surface area contributed by atoms with E-state index in [1.165, 1.54) is 0 Å². The van der Waals surface area contributed by atoms with Crippen LogP contribution >= 0.6 is 11.8 Å². The standard InChI is InChI=1S/C12H24N2O3S/c1-16-7-8-17-6-3-2-4-14-12(15)11-10-18-9-5-13-11/h11,13H,2-10H2,1H3,(H,14,15). The third kappa shape index (κ3) is 7.20. The molecule has 18 heavy (non-hydrogen) atoms. The van der Waals surface area contributed by atoms with Gasteiger partial charge in [-0.3, -0.25) is 4.79 Å². The Morgan fingerprint density at radius 1 is 1.39 bits per heavy atom. The van der Waals surface area contributed by atoms with Gasteiger partial charge in [0.05, 0.1) is 19.3 Å². The largest absolute Gasteiger partial charge is 0.382 e. The lowest BCUT2D eigenvalue weighted by atomic mass is 10.2. The Labute approximate surface area is 113 Å². The average Bonchev–Trinajstić information content (AvgIpc) is 2.42. The minimum Gasteiger partial charge on any atom is -0.382 e. The maximum Gasteiger partial charge on any atom is 0.237 e. The molecule has 0 aromatic rings. The second kappa shape index (κ2) is 10.6. The highest BCUT2D eigenvalue weighted by atomic mass is 32.2. The van der Waals surface area contributed by atoms with Gasteiger partial charge in [0.25, 0.3) is 0 Å². The van der Waals surface area contributed by atoms with Crippen molar-refractivity contribution < 1.29 is 14.3 Å². The highest BCUT2D eigenvalue weighted by Crippen LogP contribution is 2.07. The minimum atomic E-state index is -0.0123. The van der Waals surface area contributed by atoms with Crippen LogP contribution in [0.2, 0.25) is 0 Å². The monoisotopic (exact) mass is 276 g/mol. The van der Waals surface area contributed by atoms with Crippen LogP contribution in [0.4, 0.5) is 0 Å². The molecule has 1 heterocycles. The van der Waals surface area contributed by atoms with E-state index in [2.05, 4.69) is 10.6 Å². The fourth-order valence-electron chi connectivity index (χ4n) is 1.64. The molecule has 6 heteroatoms. The summed E-state index contributed by atoms with van der Waals surface area (Å²) in [5.41, 5.74) is 0. The number of hydrogen-bond acceptors (Lipinski definition) is 5. The van der Waals surface area contributed by atoms with E-state index in [4.69, 9.17) is 9.47 Å². The molecular weight excluding hydrogens is 252 g/mol. The summed E-state index contributed by atoms with van der Waals surface area (Å²) in [4.78, 5) is 11.7. The minimum absolute atomic E-state index is 0.0123. The molecule has 0 saturated carbocycles. The Morgan fingerprint density at radius 2 is 2.28 bits per heavy atom. The maximum atomic E-state index is 11.7. The van der Waals surface area contributed by atoms with Crippen LogP contribution in [-0.4, -0.2) is 63.5 Å². The molecule has 1 unspecified atom stereocenters. The molecule has 1 saturated heterocycles. The van der Waals surface area contributed by atoms with E-state index in [1.807, 2.05) is 11.8 Å². The predicted octanol–water partition coefficient (Wildman–Crippen LogP) is 0.251. The van der Waals surface area contributed by atoms with Gasteiger partial charge in [-0.2, -0.15) is 11.8 Å². The predicted molar refractivity (Wildman–Crippen MR) is 74.1 cm³/mol. The number of amides is 1. The number of nitrogens with one attached hydrogen (secondary N) is 2. The normalized spacial score (nSPS) is 19.7. The van der Waals surface area contributed by atoms with E-state index < -0.39 is 0 Å². The van der Waals surface area contributed by atoms with Gasteiger partial charge >= 0.3 is 0 Å². The van der Waals surface area contributed by atoms with E-state index in [-0.39, 0.29) is 11.9 Å². The summed E-state index contributed by atoms with van der Waals surface area (Å²) in [7, 11) is 1.66. The van der Waals surface area contributed by atoms with Gasteiger partial charge in [0.1, 0.15) is 0 Å². The first-order valence-corrected chi connectivity index (χ1v) is 7.65. The van der Waals surface area contributed by atoms with Gasteiger partial charge in [-0.25, -0.2) is 0 Å². The third-order valence-corrected chi connectivity index (χ3v) is 3.75. The summed E-state index contributed by atoms with van der Waals surface area (Å²) in [6.45, 7) is 3.68. The second-order valence-corrected chi connectivity index (χ2v) is 5.33. The van der Waals surface area contributed by atoms with Crippen LogP contribution in [0.3, 0.4) is 0 Å². The van der Waals surface area contributed by atoms with E-state index in [0.29, 0.717) is 13.2 Å². The lowest BCUT2D eigenvalue weighted by Gasteiger charge is -2.22. The third-order valence-electron chi connectivity index (χ3n) is 2.68. The van der Waals surface area contributed by atoms with E-state index in [9.17, 15) is 4.79 Å². The molecule has 1 rings (SSSR count). The highest BCUT2D eigenvalue weighted by molar-refractivity contribution is 7.99. The Morgan fingerprint density at radius 3 is 3.00 bits per heavy atom. The van der Waals surface area contributed by atoms with E-state index in [1.54, 1.807) is 7.11 Å². The van der Waals surface area contributed by atoms with Gasteiger partial charge in [-0.1, -0.05) is 0 Å². The molecule has 0 aromatic carbocycles. The van der Waals surface area contributed by atoms with Gasteiger partial charge in [-0.05, 0) is 12.8 Å². The van der Waals surface area contributed by atoms with Crippen LogP contribution < -0.4 is 10.6 Å². The zero-order valence-electron chi connectivity index (χ0n) is 11.1. The maximum absolute atomic E-state index is 11.7. The smallest absolute Gasteiger partial charge is 0.237 e. The van der Waals surface area contributed by atoms with Crippen LogP contribution in [0.15, 0.2) is 0 Å². The number of thioether (sulfide) groups is 1. The molecule has 1 aliphatic rings. The molecule has 1 fully saturated rings. The summed E-state index contributed by atoms with van der Waals surface area (Å²) >= 11 is 1.83. The van der Waals surface area contributed by atoms with Crippen molar-refractivity contribution in [2.24, 2.45) is 0 Å². The molecule has 0 aromatic heterocycles. The Kier molecular flexibility index (Phi) is 9.28. The van der Waals surface area contributed by atoms with Crippen molar-refractivity contribution in [3.8, 4) is 0 Å². The van der Waals surface area contributed by atoms with Crippen molar-refractivity contribution in [1.29, 1.82) is 0 Å². The molecule has 106 valence electrons. The number of unbranched alkanes of at least 4 members (excludes halogenated alkanes) is 1. The zero-order valence-corrected chi connectivity index (χ0v) is 11.9. The van der Waals surface area contributed by atoms with Gasteiger partial charge < -0.3 is 20.1 Å². The zero-order chi connectivity index (χ0) is 13.1. The number of methoxy groups -OCH3 is 1. The van der Waals surface area contributed by atoms with Crippen molar-refractivity contribution in [2.45, 2.75) is 18.9 Å². The fourth-order valence-corrected chi connectivity index (χ4v) is 2.58. The van der Waals surface area contributed by atoms with Crippen molar-refractivity contribution in [2.75, 3.05) is 51.5 Å². The summed E-state index contributed by atoms with van der Waals surface area (Å²) < 4.78 is 10.2. The van der Waals surface area contributed by atoms with Crippen LogP contribution in [0.5, 0.6) is 0 Å². The molecule has 1 atom stereocenters. The Bertz CT molecular complexity index is 223. The molecule has 0 spiro atoms. The van der Waals surface area contributed by atoms with Gasteiger partial charge in [0, 0.05) is 38.3 Å². The summed E-state index contributed by atoms with van der Waals surface area (Å²) in [5.74, 6) is 2.11. The highest BCUT2D eigenvalue weighted by Gasteiger charge is 2.19. The Hall–Kier alpha value is -0.300. The van der Waals surface area contributed by atoms with Gasteiger partial charge in [-0.15, -0.1) is 0 Å².